The van der Waals surface area contributed by atoms with Gasteiger partial charge < -0.3 is 19.1 Å². The van der Waals surface area contributed by atoms with Gasteiger partial charge >= 0.3 is 5.88 Å². The Morgan fingerprint density at radius 1 is 1.26 bits per heavy atom. The first-order chi connectivity index (χ1) is 10.9. The molecule has 2 aromatic heterocycles. The van der Waals surface area contributed by atoms with Crippen molar-refractivity contribution in [2.45, 2.75) is 0 Å². The molecule has 3 aromatic rings. The topological polar surface area (TPSA) is 115 Å². The van der Waals surface area contributed by atoms with Crippen molar-refractivity contribution in [2.24, 2.45) is 0 Å². The summed E-state index contributed by atoms with van der Waals surface area (Å²) < 4.78 is 10.4. The van der Waals surface area contributed by atoms with Crippen LogP contribution >= 0.6 is 0 Å². The molecule has 0 fully saturated rings. The highest BCUT2D eigenvalue weighted by Gasteiger charge is 2.17. The number of nitro groups is 1. The first-order valence-corrected chi connectivity index (χ1v) is 6.57. The van der Waals surface area contributed by atoms with E-state index in [0.29, 0.717) is 22.8 Å². The highest BCUT2D eigenvalue weighted by atomic mass is 16.6. The van der Waals surface area contributed by atoms with Crippen molar-refractivity contribution >= 4 is 34.6 Å². The number of benzene rings is 1. The molecule has 23 heavy (non-hydrogen) atoms. The van der Waals surface area contributed by atoms with Gasteiger partial charge in [0, 0.05) is 19.8 Å². The second kappa shape index (κ2) is 5.44. The molecule has 3 rings (SSSR count). The number of fused-ring (bicyclic) bond motifs is 1. The first-order valence-electron chi connectivity index (χ1n) is 6.57. The van der Waals surface area contributed by atoms with Gasteiger partial charge in [-0.25, -0.2) is 0 Å². The highest BCUT2D eigenvalue weighted by Crippen LogP contribution is 2.24. The van der Waals surface area contributed by atoms with Crippen LogP contribution in [0.4, 0.5) is 17.6 Å². The second-order valence-corrected chi connectivity index (χ2v) is 4.92. The minimum atomic E-state index is -0.707. The Kier molecular flexibility index (Phi) is 3.45. The van der Waals surface area contributed by atoms with Crippen molar-refractivity contribution in [2.75, 3.05) is 24.3 Å². The summed E-state index contributed by atoms with van der Waals surface area (Å²) in [5.41, 5.74) is 1.64. The van der Waals surface area contributed by atoms with Gasteiger partial charge in [-0.05, 0) is 24.3 Å². The van der Waals surface area contributed by atoms with Crippen LogP contribution in [0.3, 0.4) is 0 Å². The van der Waals surface area contributed by atoms with E-state index < -0.39 is 16.7 Å². The van der Waals surface area contributed by atoms with Crippen LogP contribution < -0.4 is 10.2 Å². The lowest BCUT2D eigenvalue weighted by molar-refractivity contribution is -0.402. The lowest BCUT2D eigenvalue weighted by Crippen LogP contribution is -2.10. The molecule has 0 bridgehead atoms. The van der Waals surface area contributed by atoms with Crippen LogP contribution in [0.5, 0.6) is 0 Å². The van der Waals surface area contributed by atoms with Crippen LogP contribution in [0.25, 0.3) is 11.1 Å². The van der Waals surface area contributed by atoms with Gasteiger partial charge in [-0.3, -0.25) is 14.9 Å². The predicted molar refractivity (Wildman–Crippen MR) is 81.7 cm³/mol. The van der Waals surface area contributed by atoms with Gasteiger partial charge in [-0.15, -0.1) is 0 Å². The van der Waals surface area contributed by atoms with E-state index in [9.17, 15) is 14.9 Å². The molecule has 1 aromatic carbocycles. The molecule has 2 heterocycles. The summed E-state index contributed by atoms with van der Waals surface area (Å²) in [5, 5.41) is 13.1. The minimum absolute atomic E-state index is 0.147. The molecule has 9 heteroatoms. The third kappa shape index (κ3) is 2.84. The zero-order valence-corrected chi connectivity index (χ0v) is 12.3. The SMILES string of the molecule is CN(C)c1nc2cc(NC(=O)c3ccc([N+](=O)[O-])o3)ccc2o1. The van der Waals surface area contributed by atoms with Crippen molar-refractivity contribution in [3.05, 3.63) is 46.2 Å². The number of carbonyl (C=O) groups excluding carboxylic acids is 1. The van der Waals surface area contributed by atoms with Gasteiger partial charge in [0.15, 0.2) is 11.3 Å². The molecule has 0 atom stereocenters. The van der Waals surface area contributed by atoms with Crippen LogP contribution in [-0.2, 0) is 0 Å². The second-order valence-electron chi connectivity index (χ2n) is 4.92. The average molecular weight is 316 g/mol. The maximum atomic E-state index is 12.0. The number of furan rings is 1. The van der Waals surface area contributed by atoms with Crippen LogP contribution in [0.2, 0.25) is 0 Å². The zero-order chi connectivity index (χ0) is 16.6. The van der Waals surface area contributed by atoms with Crippen molar-refractivity contribution in [3.8, 4) is 0 Å². The van der Waals surface area contributed by atoms with Gasteiger partial charge in [0.25, 0.3) is 11.9 Å². The quantitative estimate of drug-likeness (QED) is 0.581. The van der Waals surface area contributed by atoms with E-state index in [1.807, 2.05) is 0 Å². The monoisotopic (exact) mass is 316 g/mol. The predicted octanol–water partition coefficient (Wildman–Crippen LogP) is 2.65. The number of hydrogen-bond acceptors (Lipinski definition) is 7. The van der Waals surface area contributed by atoms with Crippen molar-refractivity contribution in [3.63, 3.8) is 0 Å². The molecule has 0 aliphatic heterocycles. The van der Waals surface area contributed by atoms with E-state index in [2.05, 4.69) is 10.3 Å². The maximum absolute atomic E-state index is 12.0. The lowest BCUT2D eigenvalue weighted by Gasteiger charge is -2.03. The number of oxazole rings is 1. The fourth-order valence-corrected chi connectivity index (χ4v) is 1.92. The highest BCUT2D eigenvalue weighted by molar-refractivity contribution is 6.03. The molecular weight excluding hydrogens is 304 g/mol. The zero-order valence-electron chi connectivity index (χ0n) is 12.3. The number of carbonyl (C=O) groups is 1. The van der Waals surface area contributed by atoms with Crippen LogP contribution in [0, 0.1) is 10.1 Å². The van der Waals surface area contributed by atoms with Crippen molar-refractivity contribution in [1.82, 2.24) is 4.98 Å². The Hall–Kier alpha value is -3.36. The molecule has 1 N–H and O–H groups in total. The molecule has 9 nitrogen and oxygen atoms in total. The summed E-state index contributed by atoms with van der Waals surface area (Å²) in [6.07, 6.45) is 0. The molecule has 0 radical (unpaired) electrons. The first kappa shape index (κ1) is 14.6. The third-order valence-corrected chi connectivity index (χ3v) is 3.01. The Morgan fingerprint density at radius 3 is 2.70 bits per heavy atom. The van der Waals surface area contributed by atoms with E-state index in [1.54, 1.807) is 37.2 Å². The van der Waals surface area contributed by atoms with Crippen molar-refractivity contribution < 1.29 is 18.6 Å². The average Bonchev–Trinajstić information content (AvgIpc) is 3.13. The largest absolute Gasteiger partial charge is 0.433 e. The van der Waals surface area contributed by atoms with Crippen LogP contribution in [0.15, 0.2) is 39.2 Å². The molecule has 0 spiro atoms. The lowest BCUT2D eigenvalue weighted by atomic mass is 10.3. The van der Waals surface area contributed by atoms with Crippen LogP contribution in [0.1, 0.15) is 10.6 Å². The number of amides is 1. The van der Waals surface area contributed by atoms with Gasteiger partial charge in [0.2, 0.25) is 0 Å². The van der Waals surface area contributed by atoms with Crippen LogP contribution in [-0.4, -0.2) is 29.9 Å². The van der Waals surface area contributed by atoms with E-state index in [4.69, 9.17) is 8.83 Å². The van der Waals surface area contributed by atoms with Gasteiger partial charge in [-0.1, -0.05) is 0 Å². The summed E-state index contributed by atoms with van der Waals surface area (Å²) in [7, 11) is 3.61. The van der Waals surface area contributed by atoms with E-state index in [0.717, 1.165) is 6.07 Å². The molecule has 0 unspecified atom stereocenters. The maximum Gasteiger partial charge on any atom is 0.433 e. The fourth-order valence-electron chi connectivity index (χ4n) is 1.92. The molecule has 0 saturated heterocycles. The van der Waals surface area contributed by atoms with E-state index >= 15 is 0 Å². The standard InChI is InChI=1S/C14H12N4O5/c1-17(2)14-16-9-7-8(3-4-10(9)23-14)15-13(19)11-5-6-12(22-11)18(20)21/h3-7H,1-2H3,(H,15,19). The summed E-state index contributed by atoms with van der Waals surface area (Å²) in [6.45, 7) is 0. The summed E-state index contributed by atoms with van der Waals surface area (Å²) in [4.78, 5) is 27.9. The Labute approximate surface area is 129 Å². The van der Waals surface area contributed by atoms with Gasteiger partial charge in [0.05, 0.1) is 6.07 Å². The number of aromatic nitrogens is 1. The summed E-state index contributed by atoms with van der Waals surface area (Å²) >= 11 is 0. The Bertz CT molecular complexity index is 896. The summed E-state index contributed by atoms with van der Waals surface area (Å²) in [5.74, 6) is -1.22. The van der Waals surface area contributed by atoms with Crippen molar-refractivity contribution in [1.29, 1.82) is 0 Å². The molecule has 1 amide bonds. The molecule has 118 valence electrons. The number of nitrogens with one attached hydrogen (secondary N) is 1. The van der Waals surface area contributed by atoms with E-state index in [-0.39, 0.29) is 5.76 Å². The smallest absolute Gasteiger partial charge is 0.423 e. The third-order valence-electron chi connectivity index (χ3n) is 3.01. The van der Waals surface area contributed by atoms with Gasteiger partial charge in [0.1, 0.15) is 10.4 Å². The molecule has 0 saturated carbocycles. The molecular formula is C14H12N4O5. The van der Waals surface area contributed by atoms with E-state index in [1.165, 1.54) is 6.07 Å². The Morgan fingerprint density at radius 2 is 2.04 bits per heavy atom. The minimum Gasteiger partial charge on any atom is -0.423 e. The molecule has 0 aliphatic carbocycles. The molecule has 0 aliphatic rings. The summed E-state index contributed by atoms with van der Waals surface area (Å²) in [6, 6.07) is 7.77. The van der Waals surface area contributed by atoms with Gasteiger partial charge in [-0.2, -0.15) is 4.98 Å². The Balaban J connectivity index is 1.82. The number of anilines is 2. The number of hydrogen-bond donors (Lipinski definition) is 1. The number of rotatable bonds is 4. The normalized spacial score (nSPS) is 10.7. The number of nitrogens with zero attached hydrogens (tertiary/aromatic N) is 3. The fraction of sp³-hybridized carbons (Fsp3) is 0.143.